The fourth-order valence-corrected chi connectivity index (χ4v) is 4.40. The smallest absolute Gasteiger partial charge is 0.239 e. The lowest BCUT2D eigenvalue weighted by Gasteiger charge is -2.09. The molecule has 0 aliphatic heterocycles. The van der Waals surface area contributed by atoms with Crippen LogP contribution in [0.2, 0.25) is 0 Å². The van der Waals surface area contributed by atoms with E-state index in [1.165, 1.54) is 0 Å². The second kappa shape index (κ2) is 11.4. The van der Waals surface area contributed by atoms with Gasteiger partial charge in [0.1, 0.15) is 0 Å². The molecule has 5 rings (SSSR count). The van der Waals surface area contributed by atoms with Gasteiger partial charge < -0.3 is 10.6 Å². The summed E-state index contributed by atoms with van der Waals surface area (Å²) in [7, 11) is 0. The maximum atomic E-state index is 12.6. The molecule has 0 radical (unpaired) electrons. The summed E-state index contributed by atoms with van der Waals surface area (Å²) in [4.78, 5) is 25.1. The molecule has 6 heteroatoms. The predicted octanol–water partition coefficient (Wildman–Crippen LogP) is 4.73. The second-order valence-corrected chi connectivity index (χ2v) is 8.92. The average molecular weight is 489 g/mol. The molecule has 1 aromatic heterocycles. The molecule has 5 aromatic rings. The molecule has 0 aliphatic carbocycles. The fourth-order valence-electron chi connectivity index (χ4n) is 4.40. The van der Waals surface area contributed by atoms with Gasteiger partial charge in [-0.15, -0.1) is 0 Å². The van der Waals surface area contributed by atoms with Crippen LogP contribution in [-0.4, -0.2) is 28.1 Å². The van der Waals surface area contributed by atoms with Gasteiger partial charge in [0.05, 0.1) is 25.2 Å². The molecule has 0 atom stereocenters. The van der Waals surface area contributed by atoms with Gasteiger partial charge in [-0.05, 0) is 21.9 Å². The van der Waals surface area contributed by atoms with Crippen LogP contribution in [-0.2, 0) is 29.1 Å². The van der Waals surface area contributed by atoms with E-state index < -0.39 is 0 Å². The van der Waals surface area contributed by atoms with Crippen molar-refractivity contribution in [2.45, 2.75) is 19.5 Å². The molecule has 2 N–H and O–H groups in total. The third kappa shape index (κ3) is 6.11. The molecule has 6 nitrogen and oxygen atoms in total. The lowest BCUT2D eigenvalue weighted by Crippen LogP contribution is -2.37. The van der Waals surface area contributed by atoms with Gasteiger partial charge in [-0.3, -0.25) is 14.3 Å². The van der Waals surface area contributed by atoms with E-state index in [1.807, 2.05) is 102 Å². The van der Waals surface area contributed by atoms with Gasteiger partial charge >= 0.3 is 0 Å². The monoisotopic (exact) mass is 488 g/mol. The van der Waals surface area contributed by atoms with Crippen LogP contribution in [0.4, 0.5) is 0 Å². The van der Waals surface area contributed by atoms with E-state index in [2.05, 4.69) is 22.8 Å². The maximum Gasteiger partial charge on any atom is 0.239 e. The molecule has 0 fully saturated rings. The van der Waals surface area contributed by atoms with Gasteiger partial charge in [0, 0.05) is 23.9 Å². The van der Waals surface area contributed by atoms with Gasteiger partial charge in [0.15, 0.2) is 0 Å². The Morgan fingerprint density at radius 3 is 2.22 bits per heavy atom. The molecule has 0 spiro atoms. The number of aromatic nitrogens is 2. The summed E-state index contributed by atoms with van der Waals surface area (Å²) < 4.78 is 1.89. The molecule has 0 saturated heterocycles. The zero-order valence-electron chi connectivity index (χ0n) is 20.4. The number of carbonyl (C=O) groups is 2. The molecule has 0 unspecified atom stereocenters. The molecule has 4 aromatic carbocycles. The third-order valence-corrected chi connectivity index (χ3v) is 6.23. The SMILES string of the molecule is O=C(CNC(=O)Cc1cccc2ccccc12)NCc1cn(Cc2ccccc2)nc1-c1ccccc1. The van der Waals surface area contributed by atoms with Crippen LogP contribution < -0.4 is 10.6 Å². The summed E-state index contributed by atoms with van der Waals surface area (Å²) in [6.45, 7) is 0.873. The number of hydrogen-bond donors (Lipinski definition) is 2. The lowest BCUT2D eigenvalue weighted by atomic mass is 10.0. The van der Waals surface area contributed by atoms with Crippen LogP contribution in [0.3, 0.4) is 0 Å². The van der Waals surface area contributed by atoms with Gasteiger partial charge in [-0.2, -0.15) is 5.10 Å². The fraction of sp³-hybridized carbons (Fsp3) is 0.129. The molecule has 1 heterocycles. The number of nitrogens with zero attached hydrogens (tertiary/aromatic N) is 2. The first-order chi connectivity index (χ1) is 18.2. The van der Waals surface area contributed by atoms with E-state index in [0.29, 0.717) is 13.1 Å². The number of rotatable bonds is 9. The summed E-state index contributed by atoms with van der Waals surface area (Å²) >= 11 is 0. The van der Waals surface area contributed by atoms with Crippen LogP contribution in [0.15, 0.2) is 109 Å². The van der Waals surface area contributed by atoms with Gasteiger partial charge in [-0.1, -0.05) is 103 Å². The van der Waals surface area contributed by atoms with Gasteiger partial charge in [0.25, 0.3) is 0 Å². The maximum absolute atomic E-state index is 12.6. The molecule has 37 heavy (non-hydrogen) atoms. The number of fused-ring (bicyclic) bond motifs is 1. The van der Waals surface area contributed by atoms with E-state index in [-0.39, 0.29) is 24.8 Å². The van der Waals surface area contributed by atoms with Crippen LogP contribution in [0.1, 0.15) is 16.7 Å². The zero-order valence-corrected chi connectivity index (χ0v) is 20.4. The highest BCUT2D eigenvalue weighted by molar-refractivity contribution is 5.91. The van der Waals surface area contributed by atoms with Crippen molar-refractivity contribution in [2.24, 2.45) is 0 Å². The van der Waals surface area contributed by atoms with Crippen LogP contribution >= 0.6 is 0 Å². The zero-order chi connectivity index (χ0) is 25.5. The Hall–Kier alpha value is -4.71. The van der Waals surface area contributed by atoms with Crippen LogP contribution in [0.5, 0.6) is 0 Å². The molecule has 0 saturated carbocycles. The molecule has 0 bridgehead atoms. The Balaban J connectivity index is 1.21. The average Bonchev–Trinajstić information content (AvgIpc) is 3.34. The predicted molar refractivity (Wildman–Crippen MR) is 146 cm³/mol. The highest BCUT2D eigenvalue weighted by Gasteiger charge is 2.14. The van der Waals surface area contributed by atoms with Crippen LogP contribution in [0.25, 0.3) is 22.0 Å². The first-order valence-electron chi connectivity index (χ1n) is 12.3. The van der Waals surface area contributed by atoms with Crippen molar-refractivity contribution in [1.82, 2.24) is 20.4 Å². The minimum atomic E-state index is -0.249. The molecular weight excluding hydrogens is 460 g/mol. The normalized spacial score (nSPS) is 10.8. The molecule has 2 amide bonds. The largest absolute Gasteiger partial charge is 0.350 e. The topological polar surface area (TPSA) is 76.0 Å². The van der Waals surface area contributed by atoms with Crippen molar-refractivity contribution in [3.8, 4) is 11.3 Å². The Bertz CT molecular complexity index is 1510. The summed E-state index contributed by atoms with van der Waals surface area (Å²) in [5, 5.41) is 12.6. The highest BCUT2D eigenvalue weighted by atomic mass is 16.2. The number of benzene rings is 4. The lowest BCUT2D eigenvalue weighted by molar-refractivity contribution is -0.125. The van der Waals surface area contributed by atoms with Gasteiger partial charge in [-0.25, -0.2) is 0 Å². The Kier molecular flexibility index (Phi) is 7.36. The number of nitrogens with one attached hydrogen (secondary N) is 2. The van der Waals surface area contributed by atoms with Crippen molar-refractivity contribution < 1.29 is 9.59 Å². The number of amides is 2. The molecule has 184 valence electrons. The quantitative estimate of drug-likeness (QED) is 0.315. The van der Waals surface area contributed by atoms with Crippen LogP contribution in [0, 0.1) is 0 Å². The summed E-state index contributed by atoms with van der Waals surface area (Å²) in [5.41, 5.74) is 4.82. The standard InChI is InChI=1S/C31H28N4O2/c36-29(18-26-16-9-15-24-12-7-8-17-28(24)26)33-20-30(37)32-19-27-22-35(21-23-10-3-1-4-11-23)34-31(27)25-13-5-2-6-14-25/h1-17,22H,18-21H2,(H,32,37)(H,33,36). The third-order valence-electron chi connectivity index (χ3n) is 6.23. The number of hydrogen-bond acceptors (Lipinski definition) is 3. The van der Waals surface area contributed by atoms with E-state index in [1.54, 1.807) is 0 Å². The Labute approximate surface area is 216 Å². The minimum absolute atomic E-state index is 0.0809. The summed E-state index contributed by atoms with van der Waals surface area (Å²) in [6.07, 6.45) is 2.19. The minimum Gasteiger partial charge on any atom is -0.350 e. The first kappa shape index (κ1) is 24.0. The van der Waals surface area contributed by atoms with Crippen molar-refractivity contribution in [3.05, 3.63) is 126 Å². The van der Waals surface area contributed by atoms with Crippen molar-refractivity contribution >= 4 is 22.6 Å². The molecular formula is C31H28N4O2. The van der Waals surface area contributed by atoms with E-state index >= 15 is 0 Å². The van der Waals surface area contributed by atoms with E-state index in [9.17, 15) is 9.59 Å². The highest BCUT2D eigenvalue weighted by Crippen LogP contribution is 2.22. The van der Waals surface area contributed by atoms with Crippen molar-refractivity contribution in [1.29, 1.82) is 0 Å². The second-order valence-electron chi connectivity index (χ2n) is 8.92. The number of carbonyl (C=O) groups excluding carboxylic acids is 2. The summed E-state index contributed by atoms with van der Waals surface area (Å²) in [5.74, 6) is -0.437. The van der Waals surface area contributed by atoms with E-state index in [4.69, 9.17) is 5.10 Å². The first-order valence-corrected chi connectivity index (χ1v) is 12.3. The van der Waals surface area contributed by atoms with Crippen molar-refractivity contribution in [3.63, 3.8) is 0 Å². The van der Waals surface area contributed by atoms with E-state index in [0.717, 1.165) is 38.7 Å². The Morgan fingerprint density at radius 1 is 0.703 bits per heavy atom. The van der Waals surface area contributed by atoms with Gasteiger partial charge in [0.2, 0.25) is 11.8 Å². The Morgan fingerprint density at radius 2 is 1.41 bits per heavy atom. The van der Waals surface area contributed by atoms with Crippen molar-refractivity contribution in [2.75, 3.05) is 6.54 Å². The molecule has 0 aliphatic rings. The summed E-state index contributed by atoms with van der Waals surface area (Å²) in [6, 6.07) is 33.9.